The van der Waals surface area contributed by atoms with Crippen molar-refractivity contribution in [3.8, 4) is 0 Å². The fourth-order valence-corrected chi connectivity index (χ4v) is 2.41. The third-order valence-electron chi connectivity index (χ3n) is 2.66. The number of nitrogens with zero attached hydrogens (tertiary/aromatic N) is 1. The molecule has 1 nitrogen and oxygen atoms in total. The van der Waals surface area contributed by atoms with Crippen LogP contribution < -0.4 is 0 Å². The molecule has 2 heteroatoms. The van der Waals surface area contributed by atoms with E-state index in [-0.39, 0.29) is 0 Å². The van der Waals surface area contributed by atoms with E-state index in [4.69, 9.17) is 0 Å². The summed E-state index contributed by atoms with van der Waals surface area (Å²) in [5.74, 6) is 0. The van der Waals surface area contributed by atoms with Gasteiger partial charge in [0.15, 0.2) is 0 Å². The van der Waals surface area contributed by atoms with Gasteiger partial charge in [-0.25, -0.2) is 0 Å². The van der Waals surface area contributed by atoms with Crippen LogP contribution in [-0.4, -0.2) is 23.9 Å². The minimum absolute atomic E-state index is 1.28. The molecule has 1 heterocycles. The SMILES string of the molecule is CCCCC[N+]1(P)CCCC1. The smallest absolute Gasteiger partial charge is 0.0795 e. The summed E-state index contributed by atoms with van der Waals surface area (Å²) >= 11 is 0. The van der Waals surface area contributed by atoms with Crippen LogP contribution in [0.3, 0.4) is 0 Å². The molecular formula is C9H21NP+. The topological polar surface area (TPSA) is 0 Å². The van der Waals surface area contributed by atoms with Crippen LogP contribution in [0, 0.1) is 0 Å². The summed E-state index contributed by atoms with van der Waals surface area (Å²) in [7, 11) is 3.04. The third-order valence-corrected chi connectivity index (χ3v) is 3.44. The lowest BCUT2D eigenvalue weighted by Crippen LogP contribution is -2.34. The van der Waals surface area contributed by atoms with Gasteiger partial charge in [0.25, 0.3) is 0 Å². The van der Waals surface area contributed by atoms with Gasteiger partial charge < -0.3 is 4.25 Å². The molecular weight excluding hydrogens is 153 g/mol. The predicted octanol–water partition coefficient (Wildman–Crippen LogP) is 2.58. The van der Waals surface area contributed by atoms with Crippen LogP contribution in [0.1, 0.15) is 39.0 Å². The number of rotatable bonds is 4. The predicted molar refractivity (Wildman–Crippen MR) is 53.3 cm³/mol. The zero-order chi connectivity index (χ0) is 8.16. The zero-order valence-electron chi connectivity index (χ0n) is 7.68. The lowest BCUT2D eigenvalue weighted by atomic mass is 10.2. The molecule has 0 spiro atoms. The van der Waals surface area contributed by atoms with Crippen LogP contribution in [0.5, 0.6) is 0 Å². The summed E-state index contributed by atoms with van der Waals surface area (Å²) in [6, 6.07) is 0. The van der Waals surface area contributed by atoms with E-state index in [0.717, 1.165) is 0 Å². The second-order valence-corrected chi connectivity index (χ2v) is 4.90. The van der Waals surface area contributed by atoms with E-state index in [0.29, 0.717) is 0 Å². The highest BCUT2D eigenvalue weighted by Crippen LogP contribution is 2.25. The van der Waals surface area contributed by atoms with Crippen LogP contribution in [-0.2, 0) is 0 Å². The molecule has 1 unspecified atom stereocenters. The summed E-state index contributed by atoms with van der Waals surface area (Å²) in [4.78, 5) is 0. The molecule has 1 aliphatic heterocycles. The summed E-state index contributed by atoms with van der Waals surface area (Å²) in [6.07, 6.45) is 7.06. The molecule has 0 bridgehead atoms. The third kappa shape index (κ3) is 3.09. The first-order valence-electron chi connectivity index (χ1n) is 4.91. The molecule has 0 aromatic rings. The lowest BCUT2D eigenvalue weighted by Gasteiger charge is -2.28. The fraction of sp³-hybridized carbons (Fsp3) is 1.00. The van der Waals surface area contributed by atoms with E-state index in [9.17, 15) is 0 Å². The van der Waals surface area contributed by atoms with Gasteiger partial charge in [-0.1, -0.05) is 13.3 Å². The van der Waals surface area contributed by atoms with Crippen LogP contribution in [0.2, 0.25) is 0 Å². The molecule has 0 amide bonds. The van der Waals surface area contributed by atoms with Crippen molar-refractivity contribution >= 4 is 9.39 Å². The van der Waals surface area contributed by atoms with Crippen LogP contribution in [0.15, 0.2) is 0 Å². The fourth-order valence-electron chi connectivity index (χ4n) is 1.87. The van der Waals surface area contributed by atoms with Crippen molar-refractivity contribution < 1.29 is 4.25 Å². The van der Waals surface area contributed by atoms with Gasteiger partial charge >= 0.3 is 0 Å². The number of quaternary nitrogens is 1. The van der Waals surface area contributed by atoms with E-state index >= 15 is 0 Å². The molecule has 0 aliphatic carbocycles. The molecule has 1 aliphatic rings. The summed E-state index contributed by atoms with van der Waals surface area (Å²) in [6.45, 7) is 6.46. The van der Waals surface area contributed by atoms with E-state index in [1.807, 2.05) is 0 Å². The minimum atomic E-state index is 1.28. The Balaban J connectivity index is 2.13. The molecule has 0 radical (unpaired) electrons. The average molecular weight is 174 g/mol. The molecule has 1 saturated heterocycles. The van der Waals surface area contributed by atoms with Gasteiger partial charge in [-0.15, -0.1) is 0 Å². The van der Waals surface area contributed by atoms with Gasteiger partial charge in [-0.05, 0) is 12.8 Å². The Labute approximate surface area is 73.0 Å². The monoisotopic (exact) mass is 174 g/mol. The van der Waals surface area contributed by atoms with Gasteiger partial charge in [-0.2, -0.15) is 0 Å². The van der Waals surface area contributed by atoms with Gasteiger partial charge in [0.05, 0.1) is 29.0 Å². The number of hydrogen-bond acceptors (Lipinski definition) is 0. The first kappa shape index (κ1) is 9.48. The second-order valence-electron chi connectivity index (χ2n) is 3.80. The first-order valence-corrected chi connectivity index (χ1v) is 5.43. The van der Waals surface area contributed by atoms with E-state index in [1.165, 1.54) is 56.0 Å². The first-order chi connectivity index (χ1) is 5.27. The van der Waals surface area contributed by atoms with Gasteiger partial charge in [-0.3, -0.25) is 0 Å². The maximum Gasteiger partial charge on any atom is 0.0795 e. The minimum Gasteiger partial charge on any atom is -0.314 e. The van der Waals surface area contributed by atoms with Crippen LogP contribution in [0.25, 0.3) is 0 Å². The largest absolute Gasteiger partial charge is 0.314 e. The van der Waals surface area contributed by atoms with Gasteiger partial charge in [0.1, 0.15) is 0 Å². The molecule has 1 rings (SSSR count). The standard InChI is InChI=1S/C9H21NP/c1-2-3-4-7-10(11)8-5-6-9-10/h2-9,11H2,1H3/q+1. The summed E-state index contributed by atoms with van der Waals surface area (Å²) in [5, 5.41) is 0. The Morgan fingerprint density at radius 2 is 1.82 bits per heavy atom. The number of likely N-dealkylation sites (tertiary alicyclic amines) is 1. The molecule has 0 aromatic heterocycles. The van der Waals surface area contributed by atoms with Gasteiger partial charge in [0, 0.05) is 12.8 Å². The van der Waals surface area contributed by atoms with Crippen molar-refractivity contribution in [2.75, 3.05) is 19.6 Å². The van der Waals surface area contributed by atoms with E-state index in [2.05, 4.69) is 16.3 Å². The molecule has 66 valence electrons. The molecule has 1 atom stereocenters. The molecule has 0 N–H and O–H groups in total. The Bertz CT molecular complexity index is 108. The highest BCUT2D eigenvalue weighted by Gasteiger charge is 2.25. The molecule has 1 fully saturated rings. The molecule has 11 heavy (non-hydrogen) atoms. The van der Waals surface area contributed by atoms with Crippen LogP contribution >= 0.6 is 9.39 Å². The lowest BCUT2D eigenvalue weighted by molar-refractivity contribution is -0.786. The Morgan fingerprint density at radius 1 is 1.18 bits per heavy atom. The van der Waals surface area contributed by atoms with Crippen molar-refractivity contribution in [1.29, 1.82) is 0 Å². The van der Waals surface area contributed by atoms with Crippen molar-refractivity contribution in [1.82, 2.24) is 0 Å². The van der Waals surface area contributed by atoms with Crippen LogP contribution in [0.4, 0.5) is 0 Å². The van der Waals surface area contributed by atoms with Gasteiger partial charge in [0.2, 0.25) is 0 Å². The highest BCUT2D eigenvalue weighted by atomic mass is 31.0. The molecule has 0 saturated carbocycles. The summed E-state index contributed by atoms with van der Waals surface area (Å²) in [5.41, 5.74) is 0. The zero-order valence-corrected chi connectivity index (χ0v) is 8.84. The quantitative estimate of drug-likeness (QED) is 0.454. The normalized spacial score (nSPS) is 22.4. The van der Waals surface area contributed by atoms with E-state index < -0.39 is 0 Å². The second kappa shape index (κ2) is 4.42. The van der Waals surface area contributed by atoms with Crippen molar-refractivity contribution in [2.45, 2.75) is 39.0 Å². The average Bonchev–Trinajstić information content (AvgIpc) is 2.38. The molecule has 0 aromatic carbocycles. The Kier molecular flexibility index (Phi) is 3.81. The van der Waals surface area contributed by atoms with E-state index in [1.54, 1.807) is 0 Å². The van der Waals surface area contributed by atoms with Crippen molar-refractivity contribution in [2.24, 2.45) is 0 Å². The number of hydrogen-bond donors (Lipinski definition) is 0. The Morgan fingerprint density at radius 3 is 2.36 bits per heavy atom. The Hall–Kier alpha value is 0.390. The van der Waals surface area contributed by atoms with Crippen molar-refractivity contribution in [3.05, 3.63) is 0 Å². The number of unbranched alkanes of at least 4 members (excludes halogenated alkanes) is 2. The maximum atomic E-state index is 3.04. The maximum absolute atomic E-state index is 3.04. The summed E-state index contributed by atoms with van der Waals surface area (Å²) < 4.78 is 1.28. The highest BCUT2D eigenvalue weighted by molar-refractivity contribution is 7.08. The van der Waals surface area contributed by atoms with Crippen molar-refractivity contribution in [3.63, 3.8) is 0 Å².